The van der Waals surface area contributed by atoms with E-state index in [4.69, 9.17) is 0 Å². The summed E-state index contributed by atoms with van der Waals surface area (Å²) < 4.78 is 0. The van der Waals surface area contributed by atoms with Crippen molar-refractivity contribution in [3.05, 3.63) is 60.2 Å². The second-order valence-electron chi connectivity index (χ2n) is 9.03. The van der Waals surface area contributed by atoms with E-state index in [1.54, 1.807) is 0 Å². The fourth-order valence-corrected chi connectivity index (χ4v) is 4.12. The summed E-state index contributed by atoms with van der Waals surface area (Å²) >= 11 is 0. The van der Waals surface area contributed by atoms with Crippen LogP contribution in [0.25, 0.3) is 0 Å². The largest absolute Gasteiger partial charge is 0.393 e. The minimum atomic E-state index is -0.0669. The molecular formula is C29H45NO. The highest BCUT2D eigenvalue weighted by atomic mass is 16.3. The van der Waals surface area contributed by atoms with E-state index in [2.05, 4.69) is 60.8 Å². The van der Waals surface area contributed by atoms with Crippen molar-refractivity contribution in [2.24, 2.45) is 0 Å². The van der Waals surface area contributed by atoms with Gasteiger partial charge < -0.3 is 10.4 Å². The maximum absolute atomic E-state index is 9.55. The van der Waals surface area contributed by atoms with Crippen LogP contribution in [0, 0.1) is 0 Å². The fourth-order valence-electron chi connectivity index (χ4n) is 4.12. The quantitative estimate of drug-likeness (QED) is 0.235. The van der Waals surface area contributed by atoms with Gasteiger partial charge in [-0.15, -0.1) is 0 Å². The Morgan fingerprint density at radius 1 is 0.613 bits per heavy atom. The van der Waals surface area contributed by atoms with Crippen molar-refractivity contribution in [2.75, 3.05) is 5.32 Å². The van der Waals surface area contributed by atoms with Crippen molar-refractivity contribution in [3.63, 3.8) is 0 Å². The number of hydrogen-bond acceptors (Lipinski definition) is 2. The monoisotopic (exact) mass is 423 g/mol. The zero-order chi connectivity index (χ0) is 22.0. The van der Waals surface area contributed by atoms with Crippen molar-refractivity contribution in [1.82, 2.24) is 0 Å². The number of para-hydroxylation sites is 1. The summed E-state index contributed by atoms with van der Waals surface area (Å²) in [6.07, 6.45) is 19.3. The van der Waals surface area contributed by atoms with Crippen LogP contribution >= 0.6 is 0 Å². The highest BCUT2D eigenvalue weighted by Crippen LogP contribution is 2.18. The van der Waals surface area contributed by atoms with Crippen LogP contribution in [0.15, 0.2) is 54.6 Å². The normalized spacial score (nSPS) is 12.1. The minimum absolute atomic E-state index is 0.0669. The van der Waals surface area contributed by atoms with Gasteiger partial charge in [-0.2, -0.15) is 0 Å². The third kappa shape index (κ3) is 12.6. The molecule has 0 amide bonds. The zero-order valence-corrected chi connectivity index (χ0v) is 19.8. The molecule has 172 valence electrons. The van der Waals surface area contributed by atoms with E-state index >= 15 is 0 Å². The topological polar surface area (TPSA) is 32.3 Å². The van der Waals surface area contributed by atoms with Crippen LogP contribution in [-0.4, -0.2) is 11.2 Å². The first kappa shape index (κ1) is 25.5. The van der Waals surface area contributed by atoms with E-state index in [-0.39, 0.29) is 6.10 Å². The molecule has 0 aromatic heterocycles. The lowest BCUT2D eigenvalue weighted by Gasteiger charge is -2.08. The van der Waals surface area contributed by atoms with Crippen molar-refractivity contribution < 1.29 is 5.11 Å². The average molecular weight is 424 g/mol. The fraction of sp³-hybridized carbons (Fsp3) is 0.586. The minimum Gasteiger partial charge on any atom is -0.393 e. The number of rotatable bonds is 18. The molecule has 0 bridgehead atoms. The lowest BCUT2D eigenvalue weighted by atomic mass is 10.0. The van der Waals surface area contributed by atoms with Crippen molar-refractivity contribution in [3.8, 4) is 0 Å². The number of aliphatic hydroxyl groups excluding tert-OH is 1. The predicted octanol–water partition coefficient (Wildman–Crippen LogP) is 8.81. The van der Waals surface area contributed by atoms with Gasteiger partial charge in [0.1, 0.15) is 0 Å². The second-order valence-corrected chi connectivity index (χ2v) is 9.03. The molecule has 0 radical (unpaired) electrons. The Morgan fingerprint density at radius 2 is 1.10 bits per heavy atom. The van der Waals surface area contributed by atoms with Crippen molar-refractivity contribution >= 4 is 11.4 Å². The van der Waals surface area contributed by atoms with Gasteiger partial charge in [0, 0.05) is 11.4 Å². The Kier molecular flexibility index (Phi) is 13.8. The smallest absolute Gasteiger partial charge is 0.0537 e. The number of hydrogen-bond donors (Lipinski definition) is 2. The van der Waals surface area contributed by atoms with Gasteiger partial charge in [0.05, 0.1) is 6.10 Å². The van der Waals surface area contributed by atoms with Crippen LogP contribution in [0.3, 0.4) is 0 Å². The number of unbranched alkanes of at least 4 members (excludes halogenated alkanes) is 11. The lowest BCUT2D eigenvalue weighted by molar-refractivity contribution is 0.156. The van der Waals surface area contributed by atoms with E-state index in [1.807, 2.05) is 6.07 Å². The van der Waals surface area contributed by atoms with Crippen LogP contribution in [0.1, 0.15) is 102 Å². The van der Waals surface area contributed by atoms with Gasteiger partial charge in [0.25, 0.3) is 0 Å². The van der Waals surface area contributed by atoms with Crippen LogP contribution in [0.5, 0.6) is 0 Å². The molecule has 0 heterocycles. The second kappa shape index (κ2) is 16.8. The summed E-state index contributed by atoms with van der Waals surface area (Å²) in [5, 5.41) is 13.0. The molecule has 0 spiro atoms. The zero-order valence-electron chi connectivity index (χ0n) is 19.8. The van der Waals surface area contributed by atoms with Gasteiger partial charge in [-0.3, -0.25) is 0 Å². The first-order valence-electron chi connectivity index (χ1n) is 12.9. The molecule has 0 fully saturated rings. The summed E-state index contributed by atoms with van der Waals surface area (Å²) in [6.45, 7) is 2.06. The molecule has 0 aliphatic rings. The van der Waals surface area contributed by atoms with Gasteiger partial charge >= 0.3 is 0 Å². The third-order valence-corrected chi connectivity index (χ3v) is 6.24. The Bertz CT molecular complexity index is 652. The van der Waals surface area contributed by atoms with E-state index in [1.165, 1.54) is 89.0 Å². The number of benzene rings is 2. The predicted molar refractivity (Wildman–Crippen MR) is 136 cm³/mol. The van der Waals surface area contributed by atoms with Crippen LogP contribution in [0.4, 0.5) is 11.4 Å². The van der Waals surface area contributed by atoms with E-state index in [0.29, 0.717) is 0 Å². The van der Waals surface area contributed by atoms with E-state index < -0.39 is 0 Å². The molecule has 31 heavy (non-hydrogen) atoms. The van der Waals surface area contributed by atoms with Crippen LogP contribution in [0.2, 0.25) is 0 Å². The maximum Gasteiger partial charge on any atom is 0.0537 e. The van der Waals surface area contributed by atoms with Gasteiger partial charge in [0.15, 0.2) is 0 Å². The number of nitrogens with one attached hydrogen (secondary N) is 1. The molecule has 2 nitrogen and oxygen atoms in total. The molecule has 2 aromatic carbocycles. The molecule has 1 unspecified atom stereocenters. The summed E-state index contributed by atoms with van der Waals surface area (Å²) in [6, 6.07) is 19.2. The summed E-state index contributed by atoms with van der Waals surface area (Å²) in [7, 11) is 0. The van der Waals surface area contributed by atoms with Crippen LogP contribution in [-0.2, 0) is 6.42 Å². The van der Waals surface area contributed by atoms with E-state index in [9.17, 15) is 5.11 Å². The molecule has 0 saturated carbocycles. The van der Waals surface area contributed by atoms with Crippen molar-refractivity contribution in [1.29, 1.82) is 0 Å². The third-order valence-electron chi connectivity index (χ3n) is 6.24. The van der Waals surface area contributed by atoms with Crippen LogP contribution < -0.4 is 5.32 Å². The highest BCUT2D eigenvalue weighted by Gasteiger charge is 2.00. The first-order valence-corrected chi connectivity index (χ1v) is 12.9. The summed E-state index contributed by atoms with van der Waals surface area (Å²) in [5.74, 6) is 0. The molecule has 1 atom stereocenters. The number of aliphatic hydroxyl groups is 1. The Labute approximate surface area is 191 Å². The SMILES string of the molecule is CCC(O)CCCCCCCCCCCCCCc1ccc(Nc2ccccc2)cc1. The maximum atomic E-state index is 9.55. The van der Waals surface area contributed by atoms with Crippen molar-refractivity contribution in [2.45, 2.75) is 109 Å². The Balaban J connectivity index is 1.38. The van der Waals surface area contributed by atoms with Gasteiger partial charge in [-0.1, -0.05) is 108 Å². The van der Waals surface area contributed by atoms with Gasteiger partial charge in [0.2, 0.25) is 0 Å². The Morgan fingerprint density at radius 3 is 1.65 bits per heavy atom. The van der Waals surface area contributed by atoms with Gasteiger partial charge in [-0.05, 0) is 55.5 Å². The standard InChI is InChI=1S/C29H45NO/c1-2-29(31)21-17-12-10-8-6-4-3-5-7-9-11-14-18-26-22-24-28(25-23-26)30-27-19-15-13-16-20-27/h13,15-16,19-20,22-25,29-31H,2-12,14,17-18,21H2,1H3. The molecule has 2 rings (SSSR count). The molecule has 2 aromatic rings. The molecule has 0 aliphatic heterocycles. The van der Waals surface area contributed by atoms with E-state index in [0.717, 1.165) is 24.2 Å². The Hall–Kier alpha value is -1.80. The highest BCUT2D eigenvalue weighted by molar-refractivity contribution is 5.59. The number of anilines is 2. The van der Waals surface area contributed by atoms with Gasteiger partial charge in [-0.25, -0.2) is 0 Å². The lowest BCUT2D eigenvalue weighted by Crippen LogP contribution is -2.03. The molecule has 2 N–H and O–H groups in total. The molecule has 0 aliphatic carbocycles. The summed E-state index contributed by atoms with van der Waals surface area (Å²) in [5.41, 5.74) is 3.74. The average Bonchev–Trinajstić information content (AvgIpc) is 2.80. The molecular weight excluding hydrogens is 378 g/mol. The number of aryl methyl sites for hydroxylation is 1. The summed E-state index contributed by atoms with van der Waals surface area (Å²) in [4.78, 5) is 0. The molecule has 0 saturated heterocycles. The first-order chi connectivity index (χ1) is 15.3. The molecule has 2 heteroatoms.